The van der Waals surface area contributed by atoms with Crippen LogP contribution in [0.2, 0.25) is 0 Å². The van der Waals surface area contributed by atoms with E-state index in [0.29, 0.717) is 28.8 Å². The molecule has 1 aromatic heterocycles. The van der Waals surface area contributed by atoms with Crippen LogP contribution in [0.4, 0.5) is 14.5 Å². The first kappa shape index (κ1) is 17.8. The molecule has 0 unspecified atom stereocenters. The number of nitrogens with zero attached hydrogens (tertiary/aromatic N) is 3. The summed E-state index contributed by atoms with van der Waals surface area (Å²) in [6.07, 6.45) is 1.87. The summed E-state index contributed by atoms with van der Waals surface area (Å²) in [6, 6.07) is 4.22. The lowest BCUT2D eigenvalue weighted by molar-refractivity contribution is 0.102. The molecule has 0 radical (unpaired) electrons. The normalized spacial score (nSPS) is 24.2. The van der Waals surface area contributed by atoms with Gasteiger partial charge in [0.05, 0.1) is 25.6 Å². The number of thioether (sulfide) groups is 1. The molecule has 3 heterocycles. The summed E-state index contributed by atoms with van der Waals surface area (Å²) in [5.74, 6) is -1.16. The van der Waals surface area contributed by atoms with Crippen LogP contribution in [0.5, 0.6) is 0 Å². The number of hydrogen-bond donors (Lipinski definition) is 2. The van der Waals surface area contributed by atoms with E-state index in [0.717, 1.165) is 12.4 Å². The van der Waals surface area contributed by atoms with E-state index in [1.165, 1.54) is 30.0 Å². The Morgan fingerprint density at radius 1 is 1.33 bits per heavy atom. The molecule has 7 nitrogen and oxygen atoms in total. The van der Waals surface area contributed by atoms with Gasteiger partial charge in [-0.15, -0.1) is 0 Å². The Labute approximate surface area is 157 Å². The Morgan fingerprint density at radius 3 is 2.96 bits per heavy atom. The fourth-order valence-electron chi connectivity index (χ4n) is 3.25. The molecule has 2 aromatic rings. The number of fused-ring (bicyclic) bond motifs is 1. The fourth-order valence-corrected chi connectivity index (χ4v) is 4.23. The van der Waals surface area contributed by atoms with Crippen LogP contribution >= 0.6 is 11.8 Å². The van der Waals surface area contributed by atoms with Crippen LogP contribution in [0.25, 0.3) is 0 Å². The van der Waals surface area contributed by atoms with Gasteiger partial charge in [0.25, 0.3) is 5.91 Å². The van der Waals surface area contributed by atoms with Gasteiger partial charge in [0.2, 0.25) is 5.95 Å². The van der Waals surface area contributed by atoms with Gasteiger partial charge in [-0.25, -0.2) is 19.4 Å². The molecule has 2 aliphatic rings. The molecular weight excluding hydrogens is 376 g/mol. The van der Waals surface area contributed by atoms with Gasteiger partial charge in [-0.1, -0.05) is 11.8 Å². The average Bonchev–Trinajstić information content (AvgIpc) is 3.07. The molecule has 0 spiro atoms. The molecule has 1 aromatic carbocycles. The van der Waals surface area contributed by atoms with Crippen LogP contribution in [-0.4, -0.2) is 40.0 Å². The Balaban J connectivity index is 1.67. The zero-order chi connectivity index (χ0) is 19.0. The lowest BCUT2D eigenvalue weighted by Gasteiger charge is -2.34. The maximum absolute atomic E-state index is 14.7. The summed E-state index contributed by atoms with van der Waals surface area (Å²) in [5, 5.41) is 3.00. The molecular formula is C17H15F2N5O2S. The Bertz CT molecular complexity index is 924. The Hall–Kier alpha value is -2.59. The van der Waals surface area contributed by atoms with Crippen molar-refractivity contribution in [3.05, 3.63) is 53.6 Å². The second-order valence-corrected chi connectivity index (χ2v) is 7.31. The third-order valence-electron chi connectivity index (χ3n) is 4.60. The van der Waals surface area contributed by atoms with E-state index in [1.807, 2.05) is 0 Å². The molecule has 0 saturated carbocycles. The van der Waals surface area contributed by atoms with Gasteiger partial charge < -0.3 is 15.8 Å². The van der Waals surface area contributed by atoms with Gasteiger partial charge in [0.15, 0.2) is 5.17 Å². The number of ether oxygens (including phenoxy) is 1. The molecule has 27 heavy (non-hydrogen) atoms. The molecule has 2 aliphatic heterocycles. The fraction of sp³-hybridized carbons (Fsp3) is 0.294. The highest BCUT2D eigenvalue weighted by Gasteiger charge is 2.49. The number of hydrogen-bond acceptors (Lipinski definition) is 7. The molecule has 1 saturated heterocycles. The molecule has 4 rings (SSSR count). The molecule has 2 atom stereocenters. The number of amidine groups is 1. The van der Waals surface area contributed by atoms with Crippen molar-refractivity contribution in [2.75, 3.05) is 24.3 Å². The lowest BCUT2D eigenvalue weighted by atomic mass is 9.81. The molecule has 10 heteroatoms. The predicted molar refractivity (Wildman–Crippen MR) is 96.4 cm³/mol. The molecule has 0 bridgehead atoms. The van der Waals surface area contributed by atoms with Crippen molar-refractivity contribution in [1.29, 1.82) is 0 Å². The first-order chi connectivity index (χ1) is 13.0. The predicted octanol–water partition coefficient (Wildman–Crippen LogP) is 1.91. The van der Waals surface area contributed by atoms with Gasteiger partial charge in [-0.05, 0) is 18.2 Å². The van der Waals surface area contributed by atoms with E-state index in [2.05, 4.69) is 20.3 Å². The second-order valence-electron chi connectivity index (χ2n) is 6.27. The minimum Gasteiger partial charge on any atom is -0.379 e. The van der Waals surface area contributed by atoms with Crippen LogP contribution < -0.4 is 11.1 Å². The quantitative estimate of drug-likeness (QED) is 0.829. The maximum Gasteiger partial charge on any atom is 0.275 e. The standard InChI is InChI=1S/C17H15F2N5O2S/c18-12-2-1-10(23-15(25)13-4-22-14(19)5-21-13)3-11(12)17-8-26-6-9(17)7-27-16(20)24-17/h1-5,9H,6-8H2,(H2,20,24)(H,23,25)/t9-,17-/m0/s1. The molecule has 140 valence electrons. The summed E-state index contributed by atoms with van der Waals surface area (Å²) in [4.78, 5) is 23.9. The lowest BCUT2D eigenvalue weighted by Crippen LogP contribution is -2.40. The number of carbonyl (C=O) groups is 1. The van der Waals surface area contributed by atoms with Crippen LogP contribution in [0.15, 0.2) is 35.6 Å². The number of aliphatic imine (C=N–C) groups is 1. The molecule has 0 aliphatic carbocycles. The van der Waals surface area contributed by atoms with E-state index >= 15 is 0 Å². The summed E-state index contributed by atoms with van der Waals surface area (Å²) in [7, 11) is 0. The minimum atomic E-state index is -0.907. The highest BCUT2D eigenvalue weighted by atomic mass is 32.2. The van der Waals surface area contributed by atoms with Gasteiger partial charge in [-0.2, -0.15) is 4.39 Å². The van der Waals surface area contributed by atoms with Crippen molar-refractivity contribution in [3.63, 3.8) is 0 Å². The van der Waals surface area contributed by atoms with Crippen LogP contribution in [0, 0.1) is 17.7 Å². The molecule has 1 amide bonds. The van der Waals surface area contributed by atoms with Crippen LogP contribution in [-0.2, 0) is 10.3 Å². The van der Waals surface area contributed by atoms with Gasteiger partial charge in [0.1, 0.15) is 17.1 Å². The summed E-state index contributed by atoms with van der Waals surface area (Å²) in [5.41, 5.74) is 5.60. The van der Waals surface area contributed by atoms with Crippen molar-refractivity contribution in [1.82, 2.24) is 9.97 Å². The SMILES string of the molecule is NC1=N[C@@]2(c3cc(NC(=O)c4cnc(F)cn4)ccc3F)COC[C@H]2CS1. The van der Waals surface area contributed by atoms with Crippen molar-refractivity contribution < 1.29 is 18.3 Å². The van der Waals surface area contributed by atoms with E-state index in [9.17, 15) is 13.6 Å². The third kappa shape index (κ3) is 3.26. The average molecular weight is 391 g/mol. The van der Waals surface area contributed by atoms with Crippen molar-refractivity contribution in [3.8, 4) is 0 Å². The minimum absolute atomic E-state index is 0.0155. The van der Waals surface area contributed by atoms with Crippen LogP contribution in [0.1, 0.15) is 16.1 Å². The zero-order valence-electron chi connectivity index (χ0n) is 14.0. The Morgan fingerprint density at radius 2 is 2.19 bits per heavy atom. The van der Waals surface area contributed by atoms with Crippen molar-refractivity contribution >= 4 is 28.5 Å². The summed E-state index contributed by atoms with van der Waals surface area (Å²) >= 11 is 1.42. The second kappa shape index (κ2) is 6.86. The number of nitrogens with two attached hydrogens (primary N) is 1. The largest absolute Gasteiger partial charge is 0.379 e. The smallest absolute Gasteiger partial charge is 0.275 e. The van der Waals surface area contributed by atoms with E-state index < -0.39 is 23.2 Å². The number of carbonyl (C=O) groups excluding carboxylic acids is 1. The molecule has 3 N–H and O–H groups in total. The zero-order valence-corrected chi connectivity index (χ0v) is 14.8. The van der Waals surface area contributed by atoms with E-state index in [4.69, 9.17) is 10.5 Å². The van der Waals surface area contributed by atoms with Crippen molar-refractivity contribution in [2.24, 2.45) is 16.6 Å². The monoisotopic (exact) mass is 391 g/mol. The number of halogens is 2. The highest BCUT2D eigenvalue weighted by molar-refractivity contribution is 8.13. The summed E-state index contributed by atoms with van der Waals surface area (Å²) in [6.45, 7) is 0.682. The number of anilines is 1. The number of aromatic nitrogens is 2. The van der Waals surface area contributed by atoms with Gasteiger partial charge in [0, 0.05) is 22.9 Å². The van der Waals surface area contributed by atoms with Gasteiger partial charge in [-0.3, -0.25) is 4.79 Å². The first-order valence-electron chi connectivity index (χ1n) is 8.13. The highest BCUT2D eigenvalue weighted by Crippen LogP contribution is 2.45. The van der Waals surface area contributed by atoms with Crippen molar-refractivity contribution in [2.45, 2.75) is 5.54 Å². The summed E-state index contributed by atoms with van der Waals surface area (Å²) < 4.78 is 33.1. The third-order valence-corrected chi connectivity index (χ3v) is 5.56. The topological polar surface area (TPSA) is 102 Å². The first-order valence-corrected chi connectivity index (χ1v) is 9.11. The Kier molecular flexibility index (Phi) is 4.52. The number of rotatable bonds is 3. The maximum atomic E-state index is 14.7. The molecule has 1 fully saturated rings. The van der Waals surface area contributed by atoms with E-state index in [1.54, 1.807) is 0 Å². The number of benzene rings is 1. The van der Waals surface area contributed by atoms with Crippen LogP contribution in [0.3, 0.4) is 0 Å². The number of amides is 1. The van der Waals surface area contributed by atoms with Gasteiger partial charge >= 0.3 is 0 Å². The number of nitrogens with one attached hydrogen (secondary N) is 1. The van der Waals surface area contributed by atoms with E-state index in [-0.39, 0.29) is 18.2 Å².